The Kier molecular flexibility index (Phi) is 2.48. The first-order chi connectivity index (χ1) is 4.97. The summed E-state index contributed by atoms with van der Waals surface area (Å²) in [6.45, 7) is 0.343. The maximum atomic E-state index is 10.4. The van der Waals surface area contributed by atoms with Crippen molar-refractivity contribution in [3.05, 3.63) is 0 Å². The second-order valence-corrected chi connectivity index (χ2v) is 4.26. The summed E-state index contributed by atoms with van der Waals surface area (Å²) in [7, 11) is -3.54. The van der Waals surface area contributed by atoms with Crippen LogP contribution in [0.3, 0.4) is 0 Å². The molecule has 1 saturated carbocycles. The predicted octanol–water partition coefficient (Wildman–Crippen LogP) is -1.45. The van der Waals surface area contributed by atoms with Gasteiger partial charge in [0.1, 0.15) is 0 Å². The second kappa shape index (κ2) is 3.06. The van der Waals surface area contributed by atoms with Crippen LogP contribution in [-0.2, 0) is 10.2 Å². The molecule has 0 aromatic rings. The summed E-state index contributed by atoms with van der Waals surface area (Å²) in [5, 5.41) is 13.5. The van der Waals surface area contributed by atoms with Crippen LogP contribution in [0.2, 0.25) is 0 Å². The maximum Gasteiger partial charge on any atom is 0.274 e. The average Bonchev–Trinajstić information content (AvgIpc) is 1.75. The molecule has 4 N–H and O–H groups in total. The van der Waals surface area contributed by atoms with Crippen LogP contribution in [-0.4, -0.2) is 26.2 Å². The standard InChI is InChI=1S/C5H12N2O3S/c6-11(9,10)7-3-4-1-5(8)2-4/h4-5,7-8H,1-3H2,(H2,6,9,10). The van der Waals surface area contributed by atoms with Gasteiger partial charge in [0.2, 0.25) is 0 Å². The lowest BCUT2D eigenvalue weighted by atomic mass is 9.83. The number of aliphatic hydroxyl groups is 1. The molecule has 1 aliphatic rings. The first kappa shape index (κ1) is 8.92. The van der Waals surface area contributed by atoms with E-state index in [9.17, 15) is 8.42 Å². The van der Waals surface area contributed by atoms with Crippen molar-refractivity contribution in [3.63, 3.8) is 0 Å². The van der Waals surface area contributed by atoms with E-state index in [1.54, 1.807) is 0 Å². The van der Waals surface area contributed by atoms with E-state index in [-0.39, 0.29) is 12.0 Å². The van der Waals surface area contributed by atoms with Crippen molar-refractivity contribution in [1.82, 2.24) is 4.72 Å². The summed E-state index contributed by atoms with van der Waals surface area (Å²) in [5.41, 5.74) is 0. The fourth-order valence-corrected chi connectivity index (χ4v) is 1.57. The summed E-state index contributed by atoms with van der Waals surface area (Å²) < 4.78 is 22.9. The van der Waals surface area contributed by atoms with E-state index in [0.717, 1.165) is 0 Å². The van der Waals surface area contributed by atoms with Crippen LogP contribution in [0.15, 0.2) is 0 Å². The van der Waals surface area contributed by atoms with E-state index in [0.29, 0.717) is 19.4 Å². The summed E-state index contributed by atoms with van der Waals surface area (Å²) in [5.74, 6) is 0.253. The number of nitrogens with one attached hydrogen (secondary N) is 1. The molecule has 0 heterocycles. The highest BCUT2D eigenvalue weighted by Gasteiger charge is 2.27. The molecular formula is C5H12N2O3S. The Morgan fingerprint density at radius 1 is 1.55 bits per heavy atom. The predicted molar refractivity (Wildman–Crippen MR) is 39.8 cm³/mol. The molecule has 0 bridgehead atoms. The van der Waals surface area contributed by atoms with Gasteiger partial charge in [0.05, 0.1) is 6.10 Å². The minimum absolute atomic E-state index is 0.248. The van der Waals surface area contributed by atoms with Crippen LogP contribution in [0.5, 0.6) is 0 Å². The van der Waals surface area contributed by atoms with Gasteiger partial charge < -0.3 is 5.11 Å². The number of hydrogen-bond donors (Lipinski definition) is 3. The zero-order valence-corrected chi connectivity index (χ0v) is 6.84. The summed E-state index contributed by atoms with van der Waals surface area (Å²) in [6, 6.07) is 0. The molecule has 0 aromatic heterocycles. The fraction of sp³-hybridized carbons (Fsp3) is 1.00. The molecule has 1 fully saturated rings. The van der Waals surface area contributed by atoms with Crippen molar-refractivity contribution in [2.75, 3.05) is 6.54 Å². The Morgan fingerprint density at radius 3 is 2.45 bits per heavy atom. The number of rotatable bonds is 3. The molecule has 0 unspecified atom stereocenters. The largest absolute Gasteiger partial charge is 0.393 e. The Balaban J connectivity index is 2.15. The van der Waals surface area contributed by atoms with Gasteiger partial charge in [0, 0.05) is 6.54 Å². The van der Waals surface area contributed by atoms with Gasteiger partial charge in [-0.15, -0.1) is 0 Å². The van der Waals surface area contributed by atoms with Crippen molar-refractivity contribution in [1.29, 1.82) is 0 Å². The summed E-state index contributed by atoms with van der Waals surface area (Å²) in [4.78, 5) is 0. The van der Waals surface area contributed by atoms with Crippen LogP contribution in [0.1, 0.15) is 12.8 Å². The molecule has 1 rings (SSSR count). The first-order valence-electron chi connectivity index (χ1n) is 3.43. The third-order valence-corrected chi connectivity index (χ3v) is 2.35. The molecule has 0 spiro atoms. The van der Waals surface area contributed by atoms with E-state index in [1.807, 2.05) is 0 Å². The third kappa shape index (κ3) is 3.15. The van der Waals surface area contributed by atoms with Crippen molar-refractivity contribution >= 4 is 10.2 Å². The van der Waals surface area contributed by atoms with Gasteiger partial charge in [-0.2, -0.15) is 8.42 Å². The Hall–Kier alpha value is -0.170. The molecule has 0 radical (unpaired) electrons. The average molecular weight is 180 g/mol. The van der Waals surface area contributed by atoms with Gasteiger partial charge in [-0.05, 0) is 18.8 Å². The molecular weight excluding hydrogens is 168 g/mol. The third-order valence-electron chi connectivity index (χ3n) is 1.78. The van der Waals surface area contributed by atoms with Gasteiger partial charge in [-0.3, -0.25) is 0 Å². The van der Waals surface area contributed by atoms with E-state index in [4.69, 9.17) is 10.2 Å². The number of nitrogens with two attached hydrogens (primary N) is 1. The van der Waals surface area contributed by atoms with Crippen LogP contribution in [0.25, 0.3) is 0 Å². The van der Waals surface area contributed by atoms with E-state index in [2.05, 4.69) is 4.72 Å². The van der Waals surface area contributed by atoms with Crippen molar-refractivity contribution in [2.45, 2.75) is 18.9 Å². The Bertz CT molecular complexity index is 220. The van der Waals surface area contributed by atoms with Gasteiger partial charge >= 0.3 is 0 Å². The molecule has 1 aliphatic carbocycles. The van der Waals surface area contributed by atoms with Crippen LogP contribution in [0.4, 0.5) is 0 Å². The molecule has 0 aliphatic heterocycles. The molecule has 11 heavy (non-hydrogen) atoms. The molecule has 0 atom stereocenters. The van der Waals surface area contributed by atoms with E-state index < -0.39 is 10.2 Å². The van der Waals surface area contributed by atoms with E-state index in [1.165, 1.54) is 0 Å². The molecule has 0 aromatic carbocycles. The number of hydrogen-bond acceptors (Lipinski definition) is 3. The van der Waals surface area contributed by atoms with Crippen molar-refractivity contribution in [3.8, 4) is 0 Å². The lowest BCUT2D eigenvalue weighted by molar-refractivity contribution is 0.0453. The van der Waals surface area contributed by atoms with Gasteiger partial charge in [-0.25, -0.2) is 9.86 Å². The molecule has 0 saturated heterocycles. The minimum atomic E-state index is -3.54. The molecule has 66 valence electrons. The Morgan fingerprint density at radius 2 is 2.09 bits per heavy atom. The lowest BCUT2D eigenvalue weighted by Crippen LogP contribution is -2.40. The number of aliphatic hydroxyl groups excluding tert-OH is 1. The summed E-state index contributed by atoms with van der Waals surface area (Å²) in [6.07, 6.45) is 1.09. The highest BCUT2D eigenvalue weighted by molar-refractivity contribution is 7.87. The second-order valence-electron chi connectivity index (χ2n) is 2.88. The van der Waals surface area contributed by atoms with E-state index >= 15 is 0 Å². The minimum Gasteiger partial charge on any atom is -0.393 e. The van der Waals surface area contributed by atoms with Crippen LogP contribution in [0, 0.1) is 5.92 Å². The zero-order valence-electron chi connectivity index (χ0n) is 6.03. The van der Waals surface area contributed by atoms with Gasteiger partial charge in [0.25, 0.3) is 10.2 Å². The topological polar surface area (TPSA) is 92.4 Å². The quantitative estimate of drug-likeness (QED) is 0.496. The smallest absolute Gasteiger partial charge is 0.274 e. The summed E-state index contributed by atoms with van der Waals surface area (Å²) >= 11 is 0. The van der Waals surface area contributed by atoms with Crippen LogP contribution >= 0.6 is 0 Å². The highest BCUT2D eigenvalue weighted by Crippen LogP contribution is 2.25. The Labute approximate surface area is 65.8 Å². The molecule has 0 amide bonds. The van der Waals surface area contributed by atoms with Crippen molar-refractivity contribution < 1.29 is 13.5 Å². The fourth-order valence-electron chi connectivity index (χ4n) is 1.10. The SMILES string of the molecule is NS(=O)(=O)NCC1CC(O)C1. The van der Waals surface area contributed by atoms with Crippen molar-refractivity contribution in [2.24, 2.45) is 11.1 Å². The monoisotopic (exact) mass is 180 g/mol. The van der Waals surface area contributed by atoms with Gasteiger partial charge in [-0.1, -0.05) is 0 Å². The zero-order chi connectivity index (χ0) is 8.48. The highest BCUT2D eigenvalue weighted by atomic mass is 32.2. The van der Waals surface area contributed by atoms with Crippen LogP contribution < -0.4 is 9.86 Å². The van der Waals surface area contributed by atoms with Gasteiger partial charge in [0.15, 0.2) is 0 Å². The molecule has 5 nitrogen and oxygen atoms in total. The maximum absolute atomic E-state index is 10.4. The normalized spacial score (nSPS) is 31.5. The lowest BCUT2D eigenvalue weighted by Gasteiger charge is -2.30. The molecule has 6 heteroatoms. The first-order valence-corrected chi connectivity index (χ1v) is 4.97.